The van der Waals surface area contributed by atoms with Gasteiger partial charge in [0.15, 0.2) is 0 Å². The topological polar surface area (TPSA) is 38.0 Å². The Morgan fingerprint density at radius 3 is 2.60 bits per heavy atom. The molecule has 0 fully saturated rings. The van der Waals surface area contributed by atoms with E-state index in [1.807, 2.05) is 30.5 Å². The van der Waals surface area contributed by atoms with Crippen LogP contribution in [0.2, 0.25) is 0 Å². The Hall–Kier alpha value is -3.04. The fourth-order valence-electron chi connectivity index (χ4n) is 3.74. The zero-order valence-electron chi connectivity index (χ0n) is 16.5. The van der Waals surface area contributed by atoms with E-state index in [2.05, 4.69) is 16.4 Å². The number of rotatable bonds is 2. The molecule has 2 aromatic carbocycles. The molecule has 3 nitrogen and oxygen atoms in total. The third-order valence-corrected chi connectivity index (χ3v) is 5.51. The molecule has 0 bridgehead atoms. The molecule has 1 aromatic heterocycles. The van der Waals surface area contributed by atoms with E-state index >= 15 is 0 Å². The molecule has 0 saturated carbocycles. The van der Waals surface area contributed by atoms with Crippen molar-refractivity contribution in [2.45, 2.75) is 32.5 Å². The van der Waals surface area contributed by atoms with Gasteiger partial charge in [0.1, 0.15) is 5.82 Å². The molecule has 1 unspecified atom stereocenters. The molecule has 1 aliphatic rings. The van der Waals surface area contributed by atoms with E-state index in [4.69, 9.17) is 4.98 Å². The molecule has 3 aromatic rings. The Kier molecular flexibility index (Phi) is 5.40. The molecule has 1 N–H and O–H groups in total. The number of benzene rings is 2. The van der Waals surface area contributed by atoms with E-state index in [1.54, 1.807) is 6.07 Å². The van der Waals surface area contributed by atoms with Gasteiger partial charge in [0.25, 0.3) is 0 Å². The van der Waals surface area contributed by atoms with Crippen LogP contribution in [0.4, 0.5) is 13.2 Å². The standard InChI is InChI=1S/C24H21F3N2O/c1-16-19(3-2-4-21(16)24(25,26)27)9-5-17-6-10-20(11-7-17)22-14-29-13-18(15-30)8-12-23(29)28-22/h2-4,6-7,10-11,14,18,30H,8,12-13,15H2,1H3. The van der Waals surface area contributed by atoms with E-state index in [-0.39, 0.29) is 18.1 Å². The molecule has 0 amide bonds. The van der Waals surface area contributed by atoms with Crippen LogP contribution in [0.15, 0.2) is 48.7 Å². The van der Waals surface area contributed by atoms with Crippen molar-refractivity contribution in [2.24, 2.45) is 5.92 Å². The lowest BCUT2D eigenvalue weighted by Crippen LogP contribution is -2.22. The highest BCUT2D eigenvalue weighted by molar-refractivity contribution is 5.60. The maximum atomic E-state index is 13.1. The zero-order chi connectivity index (χ0) is 21.3. The van der Waals surface area contributed by atoms with Gasteiger partial charge in [-0.2, -0.15) is 13.2 Å². The van der Waals surface area contributed by atoms with E-state index in [1.165, 1.54) is 13.0 Å². The number of aliphatic hydroxyl groups excluding tert-OH is 1. The molecule has 30 heavy (non-hydrogen) atoms. The van der Waals surface area contributed by atoms with Crippen molar-refractivity contribution in [1.82, 2.24) is 9.55 Å². The first kappa shape index (κ1) is 20.2. The van der Waals surface area contributed by atoms with E-state index in [0.717, 1.165) is 48.1 Å². The second kappa shape index (κ2) is 8.00. The molecule has 0 aliphatic carbocycles. The van der Waals surface area contributed by atoms with Crippen LogP contribution in [0.25, 0.3) is 11.3 Å². The molecule has 1 atom stereocenters. The largest absolute Gasteiger partial charge is 0.416 e. The monoisotopic (exact) mass is 410 g/mol. The third kappa shape index (κ3) is 4.12. The molecule has 0 saturated heterocycles. The van der Waals surface area contributed by atoms with Gasteiger partial charge in [0.05, 0.1) is 11.3 Å². The summed E-state index contributed by atoms with van der Waals surface area (Å²) in [5, 5.41) is 9.37. The highest BCUT2D eigenvalue weighted by Crippen LogP contribution is 2.32. The van der Waals surface area contributed by atoms with E-state index in [9.17, 15) is 18.3 Å². The molecular weight excluding hydrogens is 389 g/mol. The molecule has 1 aliphatic heterocycles. The Morgan fingerprint density at radius 1 is 1.13 bits per heavy atom. The Balaban J connectivity index is 1.55. The molecule has 154 valence electrons. The van der Waals surface area contributed by atoms with Crippen LogP contribution in [-0.4, -0.2) is 21.3 Å². The van der Waals surface area contributed by atoms with Crippen LogP contribution in [-0.2, 0) is 19.1 Å². The minimum absolute atomic E-state index is 0.138. The van der Waals surface area contributed by atoms with Crippen molar-refractivity contribution < 1.29 is 18.3 Å². The third-order valence-electron chi connectivity index (χ3n) is 5.51. The number of imidazole rings is 1. The molecule has 4 rings (SSSR count). The maximum Gasteiger partial charge on any atom is 0.416 e. The van der Waals surface area contributed by atoms with Crippen LogP contribution in [0.5, 0.6) is 0 Å². The first-order chi connectivity index (χ1) is 14.3. The quantitative estimate of drug-likeness (QED) is 0.615. The van der Waals surface area contributed by atoms with Gasteiger partial charge in [-0.1, -0.05) is 30.0 Å². The van der Waals surface area contributed by atoms with Gasteiger partial charge in [0, 0.05) is 48.4 Å². The minimum Gasteiger partial charge on any atom is -0.396 e. The van der Waals surface area contributed by atoms with E-state index in [0.29, 0.717) is 5.56 Å². The lowest BCUT2D eigenvalue weighted by atomic mass is 10.0. The summed E-state index contributed by atoms with van der Waals surface area (Å²) in [4.78, 5) is 4.70. The van der Waals surface area contributed by atoms with E-state index < -0.39 is 11.7 Å². The zero-order valence-corrected chi connectivity index (χ0v) is 16.5. The van der Waals surface area contributed by atoms with Gasteiger partial charge in [-0.3, -0.25) is 0 Å². The summed E-state index contributed by atoms with van der Waals surface area (Å²) in [7, 11) is 0. The smallest absolute Gasteiger partial charge is 0.396 e. The summed E-state index contributed by atoms with van der Waals surface area (Å²) < 4.78 is 41.3. The van der Waals surface area contributed by atoms with Crippen molar-refractivity contribution >= 4 is 0 Å². The lowest BCUT2D eigenvalue weighted by molar-refractivity contribution is -0.138. The van der Waals surface area contributed by atoms with Gasteiger partial charge in [-0.15, -0.1) is 0 Å². The van der Waals surface area contributed by atoms with Crippen molar-refractivity contribution in [3.05, 3.63) is 76.7 Å². The summed E-state index contributed by atoms with van der Waals surface area (Å²) in [5.74, 6) is 7.11. The number of halogens is 3. The van der Waals surface area contributed by atoms with Crippen molar-refractivity contribution in [1.29, 1.82) is 0 Å². The maximum absolute atomic E-state index is 13.1. The van der Waals surface area contributed by atoms with Gasteiger partial charge >= 0.3 is 6.18 Å². The fourth-order valence-corrected chi connectivity index (χ4v) is 3.74. The molecule has 2 heterocycles. The van der Waals surface area contributed by atoms with Gasteiger partial charge < -0.3 is 9.67 Å². The number of alkyl halides is 3. The number of aryl methyl sites for hydroxylation is 1. The second-order valence-corrected chi connectivity index (χ2v) is 7.59. The number of nitrogens with zero attached hydrogens (tertiary/aromatic N) is 2. The predicted molar refractivity (Wildman–Crippen MR) is 109 cm³/mol. The number of aromatic nitrogens is 2. The van der Waals surface area contributed by atoms with Gasteiger partial charge in [0.2, 0.25) is 0 Å². The van der Waals surface area contributed by atoms with Crippen molar-refractivity contribution in [2.75, 3.05) is 6.61 Å². The summed E-state index contributed by atoms with van der Waals surface area (Å²) in [6.07, 6.45) is -0.588. The number of fused-ring (bicyclic) bond motifs is 1. The van der Waals surface area contributed by atoms with Gasteiger partial charge in [-0.05, 0) is 43.2 Å². The molecule has 6 heteroatoms. The first-order valence-corrected chi connectivity index (χ1v) is 9.81. The van der Waals surface area contributed by atoms with Crippen molar-refractivity contribution in [3.63, 3.8) is 0 Å². The number of hydrogen-bond donors (Lipinski definition) is 1. The normalized spacial score (nSPS) is 16.0. The second-order valence-electron chi connectivity index (χ2n) is 7.59. The summed E-state index contributed by atoms with van der Waals surface area (Å²) in [5.41, 5.74) is 2.40. The van der Waals surface area contributed by atoms with Crippen LogP contribution < -0.4 is 0 Å². The SMILES string of the molecule is Cc1c(C#Cc2ccc(-c3cn4c(n3)CCC(CO)C4)cc2)cccc1C(F)(F)F. The number of hydrogen-bond acceptors (Lipinski definition) is 2. The average Bonchev–Trinajstić information content (AvgIpc) is 3.15. The molecule has 0 spiro atoms. The predicted octanol–water partition coefficient (Wildman–Crippen LogP) is 4.83. The van der Waals surface area contributed by atoms with Crippen LogP contribution in [0, 0.1) is 24.7 Å². The lowest BCUT2D eigenvalue weighted by Gasteiger charge is -2.21. The Labute approximate surface area is 173 Å². The van der Waals surface area contributed by atoms with Crippen LogP contribution in [0.1, 0.15) is 34.5 Å². The highest BCUT2D eigenvalue weighted by atomic mass is 19.4. The van der Waals surface area contributed by atoms with Crippen LogP contribution >= 0.6 is 0 Å². The first-order valence-electron chi connectivity index (χ1n) is 9.81. The molecule has 0 radical (unpaired) electrons. The summed E-state index contributed by atoms with van der Waals surface area (Å²) in [6.45, 7) is 2.40. The highest BCUT2D eigenvalue weighted by Gasteiger charge is 2.32. The van der Waals surface area contributed by atoms with Gasteiger partial charge in [-0.25, -0.2) is 4.98 Å². The average molecular weight is 410 g/mol. The van der Waals surface area contributed by atoms with Crippen LogP contribution in [0.3, 0.4) is 0 Å². The molecular formula is C24H21F3N2O. The Morgan fingerprint density at radius 2 is 1.90 bits per heavy atom. The van der Waals surface area contributed by atoms with Crippen molar-refractivity contribution in [3.8, 4) is 23.1 Å². The summed E-state index contributed by atoms with van der Waals surface area (Å²) >= 11 is 0. The number of aliphatic hydroxyl groups is 1. The summed E-state index contributed by atoms with van der Waals surface area (Å²) in [6, 6.07) is 11.6. The fraction of sp³-hybridized carbons (Fsp3) is 0.292. The Bertz CT molecular complexity index is 1120. The minimum atomic E-state index is -4.38.